The van der Waals surface area contributed by atoms with E-state index in [1.807, 2.05) is 18.2 Å². The van der Waals surface area contributed by atoms with E-state index in [9.17, 15) is 0 Å². The maximum absolute atomic E-state index is 5.65. The molecule has 1 aromatic carbocycles. The molecule has 1 atom stereocenters. The summed E-state index contributed by atoms with van der Waals surface area (Å²) in [6.07, 6.45) is 3.67. The summed E-state index contributed by atoms with van der Waals surface area (Å²) in [5.41, 5.74) is 2.24. The van der Waals surface area contributed by atoms with Crippen LogP contribution in [0.3, 0.4) is 0 Å². The number of aromatic nitrogens is 1. The molecule has 1 aliphatic heterocycles. The molecule has 1 unspecified atom stereocenters. The predicted octanol–water partition coefficient (Wildman–Crippen LogP) is 3.49. The van der Waals surface area contributed by atoms with Gasteiger partial charge in [0.15, 0.2) is 0 Å². The normalized spacial score (nSPS) is 17.7. The Bertz CT molecular complexity index is 567. The molecule has 2 heterocycles. The van der Waals surface area contributed by atoms with Gasteiger partial charge < -0.3 is 14.8 Å². The van der Waals surface area contributed by atoms with E-state index in [2.05, 4.69) is 27.8 Å². The molecule has 5 heteroatoms. The van der Waals surface area contributed by atoms with Gasteiger partial charge in [0.1, 0.15) is 5.01 Å². The Morgan fingerprint density at radius 3 is 3.04 bits per heavy atom. The monoisotopic (exact) mass is 332 g/mol. The maximum Gasteiger partial charge on any atom is 0.107 e. The molecule has 1 aromatic heterocycles. The van der Waals surface area contributed by atoms with Crippen molar-refractivity contribution < 1.29 is 9.47 Å². The molecular formula is C18H24N2O2S. The molecule has 0 spiro atoms. The molecule has 4 nitrogen and oxygen atoms in total. The third-order valence-electron chi connectivity index (χ3n) is 3.87. The fourth-order valence-electron chi connectivity index (χ4n) is 2.62. The van der Waals surface area contributed by atoms with Crippen molar-refractivity contribution in [1.82, 2.24) is 10.3 Å². The van der Waals surface area contributed by atoms with E-state index >= 15 is 0 Å². The van der Waals surface area contributed by atoms with Crippen LogP contribution in [0.4, 0.5) is 0 Å². The van der Waals surface area contributed by atoms with Gasteiger partial charge in [-0.25, -0.2) is 4.98 Å². The fraction of sp³-hybridized carbons (Fsp3) is 0.500. The zero-order valence-electron chi connectivity index (χ0n) is 13.4. The molecule has 0 saturated carbocycles. The van der Waals surface area contributed by atoms with Crippen LogP contribution in [0.15, 0.2) is 35.7 Å². The summed E-state index contributed by atoms with van der Waals surface area (Å²) in [7, 11) is 0. The third kappa shape index (κ3) is 5.39. The van der Waals surface area contributed by atoms with Gasteiger partial charge in [-0.05, 0) is 25.8 Å². The number of nitrogens with zero attached hydrogens (tertiary/aromatic N) is 1. The van der Waals surface area contributed by atoms with Gasteiger partial charge in [-0.1, -0.05) is 30.3 Å². The first-order valence-electron chi connectivity index (χ1n) is 8.32. The van der Waals surface area contributed by atoms with Crippen LogP contribution in [-0.2, 0) is 16.0 Å². The second-order valence-electron chi connectivity index (χ2n) is 5.73. The fourth-order valence-corrected chi connectivity index (χ4v) is 3.39. The van der Waals surface area contributed by atoms with Crippen LogP contribution in [0.25, 0.3) is 11.3 Å². The Kier molecular flexibility index (Phi) is 6.58. The van der Waals surface area contributed by atoms with Crippen LogP contribution in [0, 0.1) is 0 Å². The first-order valence-corrected chi connectivity index (χ1v) is 9.19. The zero-order chi connectivity index (χ0) is 15.7. The number of ether oxygens (including phenoxy) is 2. The second kappa shape index (κ2) is 9.13. The lowest BCUT2D eigenvalue weighted by Gasteiger charge is -2.10. The van der Waals surface area contributed by atoms with Crippen molar-refractivity contribution in [2.45, 2.75) is 31.9 Å². The summed E-state index contributed by atoms with van der Waals surface area (Å²) in [6, 6.07) is 10.3. The predicted molar refractivity (Wildman–Crippen MR) is 93.7 cm³/mol. The van der Waals surface area contributed by atoms with E-state index in [-0.39, 0.29) is 0 Å². The molecule has 0 bridgehead atoms. The van der Waals surface area contributed by atoms with Crippen LogP contribution < -0.4 is 5.32 Å². The molecule has 2 aromatic rings. The number of rotatable bonds is 9. The molecule has 1 fully saturated rings. The molecule has 1 saturated heterocycles. The van der Waals surface area contributed by atoms with E-state index in [1.54, 1.807) is 11.3 Å². The number of benzene rings is 1. The molecule has 0 aliphatic carbocycles. The first kappa shape index (κ1) is 16.6. The first-order chi connectivity index (χ1) is 11.4. The summed E-state index contributed by atoms with van der Waals surface area (Å²) in [5, 5.41) is 6.68. The molecule has 3 rings (SSSR count). The van der Waals surface area contributed by atoms with Crippen LogP contribution in [0.2, 0.25) is 0 Å². The molecule has 23 heavy (non-hydrogen) atoms. The summed E-state index contributed by atoms with van der Waals surface area (Å²) in [4.78, 5) is 4.67. The Labute approximate surface area is 141 Å². The molecular weight excluding hydrogens is 308 g/mol. The Hall–Kier alpha value is -1.27. The van der Waals surface area contributed by atoms with Gasteiger partial charge in [0, 0.05) is 30.7 Å². The molecule has 0 radical (unpaired) electrons. The van der Waals surface area contributed by atoms with Gasteiger partial charge >= 0.3 is 0 Å². The van der Waals surface area contributed by atoms with E-state index in [0.717, 1.165) is 56.5 Å². The van der Waals surface area contributed by atoms with E-state index in [1.165, 1.54) is 12.0 Å². The van der Waals surface area contributed by atoms with Crippen molar-refractivity contribution in [2.24, 2.45) is 0 Å². The second-order valence-corrected chi connectivity index (χ2v) is 6.68. The van der Waals surface area contributed by atoms with Crippen molar-refractivity contribution in [3.8, 4) is 11.3 Å². The summed E-state index contributed by atoms with van der Waals surface area (Å²) < 4.78 is 11.2. The summed E-state index contributed by atoms with van der Waals surface area (Å²) >= 11 is 1.71. The van der Waals surface area contributed by atoms with Crippen LogP contribution >= 0.6 is 11.3 Å². The van der Waals surface area contributed by atoms with Crippen LogP contribution in [0.1, 0.15) is 24.3 Å². The molecule has 1 N–H and O–H groups in total. The number of nitrogens with one attached hydrogen (secondary N) is 1. The summed E-state index contributed by atoms with van der Waals surface area (Å²) in [5.74, 6) is 0. The third-order valence-corrected chi connectivity index (χ3v) is 4.72. The standard InChI is InChI=1S/C18H24N2O2S/c1-2-6-15(7-3-1)17-14-23-18(20-17)12-19-9-5-10-21-13-16-8-4-11-22-16/h1-3,6-7,14,16,19H,4-5,8-13H2. The number of hydrogen-bond acceptors (Lipinski definition) is 5. The number of thiazole rings is 1. The average Bonchev–Trinajstić information content (AvgIpc) is 3.26. The highest BCUT2D eigenvalue weighted by molar-refractivity contribution is 7.09. The minimum atomic E-state index is 0.328. The van der Waals surface area contributed by atoms with Gasteiger partial charge in [0.05, 0.1) is 18.4 Å². The van der Waals surface area contributed by atoms with E-state index in [4.69, 9.17) is 9.47 Å². The van der Waals surface area contributed by atoms with Gasteiger partial charge in [-0.2, -0.15) is 0 Å². The topological polar surface area (TPSA) is 43.4 Å². The van der Waals surface area contributed by atoms with Gasteiger partial charge in [0.2, 0.25) is 0 Å². The smallest absolute Gasteiger partial charge is 0.107 e. The highest BCUT2D eigenvalue weighted by Gasteiger charge is 2.14. The highest BCUT2D eigenvalue weighted by Crippen LogP contribution is 2.21. The Balaban J connectivity index is 1.28. The van der Waals surface area contributed by atoms with Crippen molar-refractivity contribution in [2.75, 3.05) is 26.4 Å². The van der Waals surface area contributed by atoms with Crippen LogP contribution in [-0.4, -0.2) is 37.5 Å². The quantitative estimate of drug-likeness (QED) is 0.714. The summed E-state index contributed by atoms with van der Waals surface area (Å²) in [6.45, 7) is 4.20. The van der Waals surface area contributed by atoms with Gasteiger partial charge in [-0.3, -0.25) is 0 Å². The van der Waals surface area contributed by atoms with Crippen molar-refractivity contribution in [3.05, 3.63) is 40.7 Å². The SMILES string of the molecule is c1ccc(-c2csc(CNCCCOCC3CCCO3)n2)cc1. The lowest BCUT2D eigenvalue weighted by molar-refractivity contribution is 0.0166. The Morgan fingerprint density at radius 1 is 1.30 bits per heavy atom. The molecule has 0 amide bonds. The van der Waals surface area contributed by atoms with Gasteiger partial charge in [0.25, 0.3) is 0 Å². The maximum atomic E-state index is 5.65. The lowest BCUT2D eigenvalue weighted by atomic mass is 10.2. The van der Waals surface area contributed by atoms with Crippen molar-refractivity contribution in [1.29, 1.82) is 0 Å². The van der Waals surface area contributed by atoms with E-state index < -0.39 is 0 Å². The Morgan fingerprint density at radius 2 is 2.22 bits per heavy atom. The number of hydrogen-bond donors (Lipinski definition) is 1. The van der Waals surface area contributed by atoms with E-state index in [0.29, 0.717) is 6.10 Å². The largest absolute Gasteiger partial charge is 0.379 e. The minimum absolute atomic E-state index is 0.328. The average molecular weight is 332 g/mol. The lowest BCUT2D eigenvalue weighted by Crippen LogP contribution is -2.18. The molecule has 124 valence electrons. The zero-order valence-corrected chi connectivity index (χ0v) is 14.2. The highest BCUT2D eigenvalue weighted by atomic mass is 32.1. The van der Waals surface area contributed by atoms with Crippen molar-refractivity contribution in [3.63, 3.8) is 0 Å². The van der Waals surface area contributed by atoms with Crippen LogP contribution in [0.5, 0.6) is 0 Å². The molecule has 1 aliphatic rings. The minimum Gasteiger partial charge on any atom is -0.379 e. The van der Waals surface area contributed by atoms with Gasteiger partial charge in [-0.15, -0.1) is 11.3 Å². The van der Waals surface area contributed by atoms with Crippen molar-refractivity contribution >= 4 is 11.3 Å².